The average molecular weight is 440 g/mol. The molecule has 0 aromatic heterocycles. The first-order valence-electron chi connectivity index (χ1n) is 8.67. The first-order chi connectivity index (χ1) is 12.2. The summed E-state index contributed by atoms with van der Waals surface area (Å²) in [6, 6.07) is 4.09. The van der Waals surface area contributed by atoms with Crippen LogP contribution in [-0.2, 0) is 14.9 Å². The molecule has 1 aromatic rings. The molecule has 28 heavy (non-hydrogen) atoms. The van der Waals surface area contributed by atoms with Crippen LogP contribution >= 0.6 is 0 Å². The second kappa shape index (κ2) is 7.36. The Bertz CT molecular complexity index is 851. The fourth-order valence-electron chi connectivity index (χ4n) is 2.20. The van der Waals surface area contributed by atoms with Crippen molar-refractivity contribution in [2.45, 2.75) is 65.2 Å². The van der Waals surface area contributed by atoms with E-state index in [0.717, 1.165) is 0 Å². The van der Waals surface area contributed by atoms with Crippen molar-refractivity contribution in [2.24, 2.45) is 5.41 Å². The standard InChI is InChI=1S/C18H28F3NO4SSi/c1-16(2,3)15(23)22-12-10-9-11-13(26-27(24,25)18(19,20)21)14(12)28(7,8)17(4,5)6/h9-11H,1-8H3,(H,22,23). The van der Waals surface area contributed by atoms with Crippen molar-refractivity contribution in [3.8, 4) is 5.75 Å². The Balaban J connectivity index is 3.71. The van der Waals surface area contributed by atoms with Gasteiger partial charge in [0.25, 0.3) is 0 Å². The number of benzene rings is 1. The summed E-state index contributed by atoms with van der Waals surface area (Å²) in [5, 5.41) is 2.68. The summed E-state index contributed by atoms with van der Waals surface area (Å²) in [6.07, 6.45) is 0. The Kier molecular flexibility index (Phi) is 6.44. The molecule has 10 heteroatoms. The summed E-state index contributed by atoms with van der Waals surface area (Å²) in [4.78, 5) is 12.5. The predicted octanol–water partition coefficient (Wildman–Crippen LogP) is 4.62. The van der Waals surface area contributed by atoms with E-state index in [1.807, 2.05) is 33.9 Å². The highest BCUT2D eigenvalue weighted by molar-refractivity contribution is 7.88. The van der Waals surface area contributed by atoms with Crippen LogP contribution in [0.5, 0.6) is 5.75 Å². The number of carbonyl (C=O) groups is 1. The molecule has 1 aromatic carbocycles. The average Bonchev–Trinajstić information content (AvgIpc) is 2.43. The van der Waals surface area contributed by atoms with Crippen molar-refractivity contribution in [1.82, 2.24) is 0 Å². The van der Waals surface area contributed by atoms with E-state index < -0.39 is 34.9 Å². The highest BCUT2D eigenvalue weighted by Crippen LogP contribution is 2.40. The molecule has 0 aliphatic carbocycles. The molecule has 1 N–H and O–H groups in total. The van der Waals surface area contributed by atoms with E-state index in [0.29, 0.717) is 5.19 Å². The fraction of sp³-hybridized carbons (Fsp3) is 0.611. The Hall–Kier alpha value is -1.55. The molecule has 0 aliphatic rings. The topological polar surface area (TPSA) is 72.5 Å². The van der Waals surface area contributed by atoms with Gasteiger partial charge in [0.15, 0.2) is 0 Å². The minimum Gasteiger partial charge on any atom is -0.376 e. The zero-order valence-corrected chi connectivity index (χ0v) is 19.2. The second-order valence-electron chi connectivity index (χ2n) is 9.24. The molecule has 0 fully saturated rings. The van der Waals surface area contributed by atoms with E-state index >= 15 is 0 Å². The number of nitrogens with one attached hydrogen (secondary N) is 1. The second-order valence-corrected chi connectivity index (χ2v) is 16.0. The third-order valence-electron chi connectivity index (χ3n) is 4.94. The summed E-state index contributed by atoms with van der Waals surface area (Å²) in [5.41, 5.74) is -6.04. The van der Waals surface area contributed by atoms with E-state index in [9.17, 15) is 26.4 Å². The summed E-state index contributed by atoms with van der Waals surface area (Å²) in [5.74, 6) is -0.751. The molecule has 1 rings (SSSR count). The van der Waals surface area contributed by atoms with Gasteiger partial charge in [-0.3, -0.25) is 4.79 Å². The van der Waals surface area contributed by atoms with E-state index in [4.69, 9.17) is 0 Å². The largest absolute Gasteiger partial charge is 0.534 e. The van der Waals surface area contributed by atoms with Crippen molar-refractivity contribution < 1.29 is 30.6 Å². The van der Waals surface area contributed by atoms with Gasteiger partial charge in [-0.25, -0.2) is 0 Å². The lowest BCUT2D eigenvalue weighted by Crippen LogP contribution is -2.52. The Morgan fingerprint density at radius 3 is 1.93 bits per heavy atom. The van der Waals surface area contributed by atoms with Gasteiger partial charge in [0.2, 0.25) is 5.91 Å². The molecule has 160 valence electrons. The monoisotopic (exact) mass is 439 g/mol. The van der Waals surface area contributed by atoms with Crippen molar-refractivity contribution in [3.63, 3.8) is 0 Å². The van der Waals surface area contributed by atoms with Gasteiger partial charge in [-0.2, -0.15) is 21.6 Å². The van der Waals surface area contributed by atoms with Crippen molar-refractivity contribution in [1.29, 1.82) is 0 Å². The highest BCUT2D eigenvalue weighted by Gasteiger charge is 2.50. The molecular formula is C18H28F3NO4SSi. The maximum absolute atomic E-state index is 12.9. The number of hydrogen-bond acceptors (Lipinski definition) is 4. The fourth-order valence-corrected chi connectivity index (χ4v) is 5.06. The zero-order chi connectivity index (χ0) is 22.3. The molecule has 0 aliphatic heterocycles. The van der Waals surface area contributed by atoms with Gasteiger partial charge < -0.3 is 9.50 Å². The minimum absolute atomic E-state index is 0.265. The molecule has 5 nitrogen and oxygen atoms in total. The lowest BCUT2D eigenvalue weighted by atomic mass is 9.95. The number of halogens is 3. The predicted molar refractivity (Wildman–Crippen MR) is 107 cm³/mol. The zero-order valence-electron chi connectivity index (χ0n) is 17.4. The van der Waals surface area contributed by atoms with Gasteiger partial charge in [-0.05, 0) is 17.2 Å². The van der Waals surface area contributed by atoms with Crippen LogP contribution in [0, 0.1) is 5.41 Å². The third kappa shape index (κ3) is 5.08. The lowest BCUT2D eigenvalue weighted by molar-refractivity contribution is -0.123. The maximum Gasteiger partial charge on any atom is 0.534 e. The van der Waals surface area contributed by atoms with Crippen LogP contribution in [0.15, 0.2) is 18.2 Å². The van der Waals surface area contributed by atoms with Crippen LogP contribution in [0.2, 0.25) is 18.1 Å². The number of carbonyl (C=O) groups excluding carboxylic acids is 1. The van der Waals surface area contributed by atoms with Crippen LogP contribution in [0.4, 0.5) is 18.9 Å². The molecule has 0 spiro atoms. The van der Waals surface area contributed by atoms with Crippen molar-refractivity contribution in [2.75, 3.05) is 5.32 Å². The van der Waals surface area contributed by atoms with Gasteiger partial charge in [0, 0.05) is 16.3 Å². The van der Waals surface area contributed by atoms with Crippen LogP contribution in [0.3, 0.4) is 0 Å². The number of rotatable bonds is 4. The first-order valence-corrected chi connectivity index (χ1v) is 13.1. The Morgan fingerprint density at radius 2 is 1.54 bits per heavy atom. The van der Waals surface area contributed by atoms with Crippen LogP contribution < -0.4 is 14.7 Å². The highest BCUT2D eigenvalue weighted by atomic mass is 32.2. The molecule has 0 bridgehead atoms. The molecule has 0 unspecified atom stereocenters. The SMILES string of the molecule is CC(C)(C)C(=O)Nc1cccc(OS(=O)(=O)C(F)(F)F)c1[Si](C)(C)C(C)(C)C. The first kappa shape index (κ1) is 24.5. The summed E-state index contributed by atoms with van der Waals surface area (Å²) in [7, 11) is -8.47. The van der Waals surface area contributed by atoms with E-state index in [-0.39, 0.29) is 16.6 Å². The smallest absolute Gasteiger partial charge is 0.376 e. The van der Waals surface area contributed by atoms with Crippen LogP contribution in [0.25, 0.3) is 0 Å². The summed E-state index contributed by atoms with van der Waals surface area (Å²) in [6.45, 7) is 14.6. The summed E-state index contributed by atoms with van der Waals surface area (Å²) < 4.78 is 66.4. The van der Waals surface area contributed by atoms with Gasteiger partial charge in [-0.15, -0.1) is 0 Å². The molecule has 0 heterocycles. The molecular weight excluding hydrogens is 411 g/mol. The minimum atomic E-state index is -5.84. The number of amides is 1. The van der Waals surface area contributed by atoms with Gasteiger partial charge in [-0.1, -0.05) is 60.7 Å². The van der Waals surface area contributed by atoms with Crippen LogP contribution in [-0.4, -0.2) is 27.9 Å². The van der Waals surface area contributed by atoms with E-state index in [1.54, 1.807) is 26.8 Å². The van der Waals surface area contributed by atoms with Crippen LogP contribution in [0.1, 0.15) is 41.5 Å². The Labute approximate surface area is 165 Å². The number of hydrogen-bond donors (Lipinski definition) is 1. The number of alkyl halides is 3. The van der Waals surface area contributed by atoms with Crippen molar-refractivity contribution >= 4 is 35.0 Å². The third-order valence-corrected chi connectivity index (χ3v) is 11.4. The van der Waals surface area contributed by atoms with Crippen molar-refractivity contribution in [3.05, 3.63) is 18.2 Å². The number of anilines is 1. The van der Waals surface area contributed by atoms with Gasteiger partial charge in [0.05, 0.1) is 8.07 Å². The molecule has 1 amide bonds. The normalized spacial score (nSPS) is 14.0. The Morgan fingerprint density at radius 1 is 1.04 bits per heavy atom. The maximum atomic E-state index is 12.9. The quantitative estimate of drug-likeness (QED) is 0.422. The molecule has 0 saturated carbocycles. The summed E-state index contributed by atoms with van der Waals surface area (Å²) >= 11 is 0. The van der Waals surface area contributed by atoms with E-state index in [1.165, 1.54) is 12.1 Å². The van der Waals surface area contributed by atoms with Gasteiger partial charge >= 0.3 is 15.6 Å². The van der Waals surface area contributed by atoms with Gasteiger partial charge in [0.1, 0.15) is 5.75 Å². The molecule has 0 saturated heterocycles. The molecule has 0 atom stereocenters. The van der Waals surface area contributed by atoms with E-state index in [2.05, 4.69) is 9.50 Å². The molecule has 0 radical (unpaired) electrons. The lowest BCUT2D eigenvalue weighted by Gasteiger charge is -2.39.